The lowest BCUT2D eigenvalue weighted by atomic mass is 9.89. The molecule has 2 aromatic heterocycles. The Bertz CT molecular complexity index is 795. The van der Waals surface area contributed by atoms with Gasteiger partial charge in [0.05, 0.1) is 5.39 Å². The molecule has 1 saturated carbocycles. The number of aryl methyl sites for hydroxylation is 2. The van der Waals surface area contributed by atoms with E-state index in [1.165, 1.54) is 62.8 Å². The van der Waals surface area contributed by atoms with Gasteiger partial charge in [-0.05, 0) is 52.1 Å². The third-order valence-corrected chi connectivity index (χ3v) is 6.49. The van der Waals surface area contributed by atoms with Crippen LogP contribution in [-0.2, 0) is 0 Å². The van der Waals surface area contributed by atoms with E-state index >= 15 is 0 Å². The summed E-state index contributed by atoms with van der Waals surface area (Å²) >= 11 is 0. The van der Waals surface area contributed by atoms with Crippen LogP contribution >= 0.6 is 0 Å². The minimum Gasteiger partial charge on any atom is -0.362 e. The van der Waals surface area contributed by atoms with E-state index in [-0.39, 0.29) is 0 Å². The van der Waals surface area contributed by atoms with Crippen LogP contribution in [0, 0.1) is 13.8 Å². The fourth-order valence-corrected chi connectivity index (χ4v) is 4.91. The summed E-state index contributed by atoms with van der Waals surface area (Å²) < 4.78 is 2.45. The molecule has 6 nitrogen and oxygen atoms in total. The van der Waals surface area contributed by atoms with Gasteiger partial charge < -0.3 is 14.4 Å². The summed E-state index contributed by atoms with van der Waals surface area (Å²) in [6.45, 7) is 9.09. The SMILES string of the molecule is Cc1nc(N(C)C)c2c(C)cn(C3CCC(N4CCN(C)CC4)CC3)c2n1. The lowest BCUT2D eigenvalue weighted by Crippen LogP contribution is -2.49. The molecule has 3 heterocycles. The number of anilines is 1. The summed E-state index contributed by atoms with van der Waals surface area (Å²) in [5.74, 6) is 1.90. The first-order chi connectivity index (χ1) is 12.9. The molecule has 0 amide bonds. The Labute approximate surface area is 163 Å². The summed E-state index contributed by atoms with van der Waals surface area (Å²) in [7, 11) is 6.37. The number of piperazine rings is 1. The van der Waals surface area contributed by atoms with Gasteiger partial charge in [0, 0.05) is 58.6 Å². The van der Waals surface area contributed by atoms with Crippen molar-refractivity contribution in [3.8, 4) is 0 Å². The highest BCUT2D eigenvalue weighted by atomic mass is 15.3. The van der Waals surface area contributed by atoms with Gasteiger partial charge in [0.2, 0.25) is 0 Å². The van der Waals surface area contributed by atoms with Gasteiger partial charge in [-0.1, -0.05) is 0 Å². The van der Waals surface area contributed by atoms with Crippen molar-refractivity contribution in [3.63, 3.8) is 0 Å². The molecule has 0 N–H and O–H groups in total. The Kier molecular flexibility index (Phi) is 5.12. The largest absolute Gasteiger partial charge is 0.362 e. The monoisotopic (exact) mass is 370 g/mol. The Hall–Kier alpha value is -1.66. The van der Waals surface area contributed by atoms with Crippen LogP contribution in [0.25, 0.3) is 11.0 Å². The van der Waals surface area contributed by atoms with Crippen molar-refractivity contribution < 1.29 is 0 Å². The predicted octanol–water partition coefficient (Wildman–Crippen LogP) is 2.85. The first kappa shape index (κ1) is 18.7. The summed E-state index contributed by atoms with van der Waals surface area (Å²) in [5, 5.41) is 1.21. The lowest BCUT2D eigenvalue weighted by molar-refractivity contribution is 0.0827. The molecule has 1 aliphatic heterocycles. The van der Waals surface area contributed by atoms with Crippen molar-refractivity contribution >= 4 is 16.9 Å². The Morgan fingerprint density at radius 2 is 1.56 bits per heavy atom. The van der Waals surface area contributed by atoms with Gasteiger partial charge in [-0.15, -0.1) is 0 Å². The number of hydrogen-bond donors (Lipinski definition) is 0. The first-order valence-corrected chi connectivity index (χ1v) is 10.4. The second kappa shape index (κ2) is 7.40. The molecule has 1 aliphatic carbocycles. The van der Waals surface area contributed by atoms with Crippen LogP contribution in [0.1, 0.15) is 43.1 Å². The van der Waals surface area contributed by atoms with Crippen molar-refractivity contribution in [1.82, 2.24) is 24.3 Å². The van der Waals surface area contributed by atoms with E-state index in [1.54, 1.807) is 0 Å². The predicted molar refractivity (Wildman–Crippen MR) is 112 cm³/mol. The quantitative estimate of drug-likeness (QED) is 0.831. The number of hydrogen-bond acceptors (Lipinski definition) is 5. The zero-order valence-electron chi connectivity index (χ0n) is 17.6. The molecule has 2 aliphatic rings. The van der Waals surface area contributed by atoms with E-state index in [4.69, 9.17) is 9.97 Å². The molecule has 2 aromatic rings. The van der Waals surface area contributed by atoms with Crippen LogP contribution in [0.2, 0.25) is 0 Å². The maximum absolute atomic E-state index is 4.84. The van der Waals surface area contributed by atoms with Gasteiger partial charge in [0.25, 0.3) is 0 Å². The van der Waals surface area contributed by atoms with Crippen molar-refractivity contribution in [2.75, 3.05) is 52.2 Å². The van der Waals surface area contributed by atoms with Crippen LogP contribution in [0.4, 0.5) is 5.82 Å². The molecule has 0 aromatic carbocycles. The zero-order chi connectivity index (χ0) is 19.1. The molecular weight excluding hydrogens is 336 g/mol. The normalized spacial score (nSPS) is 25.2. The van der Waals surface area contributed by atoms with Crippen LogP contribution in [0.15, 0.2) is 6.20 Å². The highest BCUT2D eigenvalue weighted by Gasteiger charge is 2.29. The lowest BCUT2D eigenvalue weighted by Gasteiger charge is -2.41. The van der Waals surface area contributed by atoms with E-state index in [0.29, 0.717) is 6.04 Å². The second-order valence-corrected chi connectivity index (χ2v) is 8.71. The van der Waals surface area contributed by atoms with Crippen molar-refractivity contribution in [2.24, 2.45) is 0 Å². The van der Waals surface area contributed by atoms with Gasteiger partial charge in [0.1, 0.15) is 17.3 Å². The molecule has 0 spiro atoms. The third kappa shape index (κ3) is 3.57. The highest BCUT2D eigenvalue weighted by Crippen LogP contribution is 2.36. The van der Waals surface area contributed by atoms with E-state index in [0.717, 1.165) is 23.3 Å². The molecule has 0 atom stereocenters. The average molecular weight is 371 g/mol. The fraction of sp³-hybridized carbons (Fsp3) is 0.714. The molecule has 148 valence electrons. The number of fused-ring (bicyclic) bond motifs is 1. The van der Waals surface area contributed by atoms with Crippen molar-refractivity contribution in [1.29, 1.82) is 0 Å². The van der Waals surface area contributed by atoms with E-state index in [1.807, 2.05) is 6.92 Å². The molecular formula is C21H34N6. The van der Waals surface area contributed by atoms with Gasteiger partial charge in [-0.25, -0.2) is 9.97 Å². The second-order valence-electron chi connectivity index (χ2n) is 8.71. The summed E-state index contributed by atoms with van der Waals surface area (Å²) in [5.41, 5.74) is 2.40. The zero-order valence-corrected chi connectivity index (χ0v) is 17.6. The van der Waals surface area contributed by atoms with Crippen molar-refractivity contribution in [2.45, 2.75) is 51.6 Å². The Morgan fingerprint density at radius 1 is 0.926 bits per heavy atom. The Balaban J connectivity index is 1.54. The highest BCUT2D eigenvalue weighted by molar-refractivity contribution is 5.91. The molecule has 1 saturated heterocycles. The summed E-state index contributed by atoms with van der Waals surface area (Å²) in [6, 6.07) is 1.33. The molecule has 0 bridgehead atoms. The molecule has 6 heteroatoms. The summed E-state index contributed by atoms with van der Waals surface area (Å²) in [6.07, 6.45) is 7.42. The van der Waals surface area contributed by atoms with Gasteiger partial charge >= 0.3 is 0 Å². The number of rotatable bonds is 3. The van der Waals surface area contributed by atoms with E-state index < -0.39 is 0 Å². The van der Waals surface area contributed by atoms with Crippen LogP contribution in [0.3, 0.4) is 0 Å². The molecule has 0 unspecified atom stereocenters. The molecule has 27 heavy (non-hydrogen) atoms. The van der Waals surface area contributed by atoms with Gasteiger partial charge in [-0.3, -0.25) is 4.90 Å². The van der Waals surface area contributed by atoms with E-state index in [9.17, 15) is 0 Å². The third-order valence-electron chi connectivity index (χ3n) is 6.49. The topological polar surface area (TPSA) is 40.4 Å². The maximum Gasteiger partial charge on any atom is 0.146 e. The molecule has 2 fully saturated rings. The fourth-order valence-electron chi connectivity index (χ4n) is 4.91. The summed E-state index contributed by atoms with van der Waals surface area (Å²) in [4.78, 5) is 16.8. The minimum absolute atomic E-state index is 0.564. The van der Waals surface area contributed by atoms with E-state index in [2.05, 4.69) is 53.5 Å². The van der Waals surface area contributed by atoms with Crippen molar-refractivity contribution in [3.05, 3.63) is 17.6 Å². The van der Waals surface area contributed by atoms with Gasteiger partial charge in [-0.2, -0.15) is 0 Å². The van der Waals surface area contributed by atoms with Gasteiger partial charge in [0.15, 0.2) is 0 Å². The molecule has 0 radical (unpaired) electrons. The number of nitrogens with zero attached hydrogens (tertiary/aromatic N) is 6. The molecule has 4 rings (SSSR count). The first-order valence-electron chi connectivity index (χ1n) is 10.4. The van der Waals surface area contributed by atoms with Crippen LogP contribution in [0.5, 0.6) is 0 Å². The van der Waals surface area contributed by atoms with Crippen LogP contribution in [-0.4, -0.2) is 77.7 Å². The van der Waals surface area contributed by atoms with Crippen LogP contribution < -0.4 is 4.90 Å². The average Bonchev–Trinajstić information content (AvgIpc) is 2.98. The standard InChI is InChI=1S/C21H34N6/c1-15-14-27(21-19(15)20(24(3)4)22-16(2)23-21)18-8-6-17(7-9-18)26-12-10-25(5)11-13-26/h14,17-18H,6-13H2,1-5H3. The smallest absolute Gasteiger partial charge is 0.146 e. The Morgan fingerprint density at radius 3 is 2.19 bits per heavy atom. The maximum atomic E-state index is 4.84. The number of likely N-dealkylation sites (N-methyl/N-ethyl adjacent to an activating group) is 1. The minimum atomic E-state index is 0.564. The number of aromatic nitrogens is 3.